The summed E-state index contributed by atoms with van der Waals surface area (Å²) in [5.41, 5.74) is 3.80. The van der Waals surface area contributed by atoms with Crippen LogP contribution in [0.3, 0.4) is 0 Å². The first kappa shape index (κ1) is 26.8. The van der Waals surface area contributed by atoms with E-state index < -0.39 is 0 Å². The second kappa shape index (κ2) is 12.4. The molecule has 2 N–H and O–H groups in total. The van der Waals surface area contributed by atoms with Gasteiger partial charge in [0.1, 0.15) is 5.82 Å². The minimum atomic E-state index is -0.0757. The number of nitrogens with zero attached hydrogens (tertiary/aromatic N) is 5. The Morgan fingerprint density at radius 3 is 2.54 bits per heavy atom. The number of ether oxygens (including phenoxy) is 1. The molecule has 0 atom stereocenters. The van der Waals surface area contributed by atoms with Crippen LogP contribution in [0, 0.1) is 0 Å². The van der Waals surface area contributed by atoms with Crippen molar-refractivity contribution in [2.45, 2.75) is 25.7 Å². The van der Waals surface area contributed by atoms with Crippen molar-refractivity contribution in [2.75, 3.05) is 61.5 Å². The standard InChI is InChI=1S/C31H35N7O3/c39-30(33-24-8-10-25(11-9-24)36-17-19-41-20-18-36)21-23-22-38(27-6-2-1-5-26(23)27)29-13-12-28(34-35-29)32-14-4-16-37-15-3-7-31(37)40/h1-2,5-6,8-13,22H,3-4,7,14-21H2,(H,32,34)(H,33,39). The lowest BCUT2D eigenvalue weighted by atomic mass is 10.1. The Balaban J connectivity index is 1.08. The van der Waals surface area contributed by atoms with E-state index in [1.165, 1.54) is 0 Å². The summed E-state index contributed by atoms with van der Waals surface area (Å²) in [4.78, 5) is 29.0. The fourth-order valence-electron chi connectivity index (χ4n) is 5.51. The van der Waals surface area contributed by atoms with Crippen molar-refractivity contribution in [3.8, 4) is 5.82 Å². The zero-order chi connectivity index (χ0) is 28.0. The monoisotopic (exact) mass is 553 g/mol. The van der Waals surface area contributed by atoms with Gasteiger partial charge in [-0.25, -0.2) is 0 Å². The van der Waals surface area contributed by atoms with Crippen LogP contribution in [-0.2, 0) is 20.7 Å². The molecule has 10 heteroatoms. The highest BCUT2D eigenvalue weighted by Gasteiger charge is 2.19. The first-order chi connectivity index (χ1) is 20.1. The Bertz CT molecular complexity index is 1490. The second-order valence-corrected chi connectivity index (χ2v) is 10.5. The van der Waals surface area contributed by atoms with Gasteiger partial charge in [0.15, 0.2) is 5.82 Å². The molecule has 2 aliphatic rings. The molecule has 2 amide bonds. The molecule has 0 bridgehead atoms. The average Bonchev–Trinajstić information content (AvgIpc) is 3.59. The average molecular weight is 554 g/mol. The number of rotatable bonds is 10. The van der Waals surface area contributed by atoms with Gasteiger partial charge in [-0.2, -0.15) is 0 Å². The van der Waals surface area contributed by atoms with Crippen LogP contribution in [0.5, 0.6) is 0 Å². The molecule has 41 heavy (non-hydrogen) atoms. The predicted molar refractivity (Wildman–Crippen MR) is 160 cm³/mol. The van der Waals surface area contributed by atoms with Crippen molar-refractivity contribution in [1.29, 1.82) is 0 Å². The van der Waals surface area contributed by atoms with E-state index in [4.69, 9.17) is 4.74 Å². The van der Waals surface area contributed by atoms with Crippen LogP contribution in [-0.4, -0.2) is 77.4 Å². The molecule has 4 aromatic rings. The molecule has 0 unspecified atom stereocenters. The molecule has 0 spiro atoms. The van der Waals surface area contributed by atoms with Crippen LogP contribution in [0.2, 0.25) is 0 Å². The summed E-state index contributed by atoms with van der Waals surface area (Å²) in [6.07, 6.45) is 4.70. The highest BCUT2D eigenvalue weighted by molar-refractivity contribution is 5.96. The first-order valence-corrected chi connectivity index (χ1v) is 14.3. The number of anilines is 3. The maximum absolute atomic E-state index is 13.0. The molecule has 212 valence electrons. The second-order valence-electron chi connectivity index (χ2n) is 10.5. The van der Waals surface area contributed by atoms with E-state index in [0.717, 1.165) is 86.6 Å². The topological polar surface area (TPSA) is 105 Å². The summed E-state index contributed by atoms with van der Waals surface area (Å²) in [5, 5.41) is 16.1. The van der Waals surface area contributed by atoms with Gasteiger partial charge in [-0.3, -0.25) is 14.2 Å². The molecule has 4 heterocycles. The fraction of sp³-hybridized carbons (Fsp3) is 0.355. The molecular weight excluding hydrogens is 518 g/mol. The number of benzene rings is 2. The van der Waals surface area contributed by atoms with E-state index in [1.54, 1.807) is 0 Å². The number of fused-ring (bicyclic) bond motifs is 1. The lowest BCUT2D eigenvalue weighted by molar-refractivity contribution is -0.127. The van der Waals surface area contributed by atoms with Crippen LogP contribution in [0.4, 0.5) is 17.2 Å². The summed E-state index contributed by atoms with van der Waals surface area (Å²) in [7, 11) is 0. The highest BCUT2D eigenvalue weighted by Crippen LogP contribution is 2.25. The van der Waals surface area contributed by atoms with Gasteiger partial charge in [0.05, 0.1) is 25.2 Å². The number of morpholine rings is 1. The predicted octanol–water partition coefficient (Wildman–Crippen LogP) is 3.86. The number of aromatic nitrogens is 3. The molecule has 6 rings (SSSR count). The van der Waals surface area contributed by atoms with Crippen LogP contribution in [0.15, 0.2) is 66.9 Å². The minimum absolute atomic E-state index is 0.0757. The maximum atomic E-state index is 13.0. The Hall–Kier alpha value is -4.44. The summed E-state index contributed by atoms with van der Waals surface area (Å²) >= 11 is 0. The van der Waals surface area contributed by atoms with Gasteiger partial charge in [0.2, 0.25) is 11.8 Å². The maximum Gasteiger partial charge on any atom is 0.228 e. The minimum Gasteiger partial charge on any atom is -0.378 e. The van der Waals surface area contributed by atoms with Crippen LogP contribution in [0.25, 0.3) is 16.7 Å². The first-order valence-electron chi connectivity index (χ1n) is 14.3. The van der Waals surface area contributed by atoms with Crippen LogP contribution in [0.1, 0.15) is 24.8 Å². The zero-order valence-corrected chi connectivity index (χ0v) is 23.1. The lowest BCUT2D eigenvalue weighted by Crippen LogP contribution is -2.36. The van der Waals surface area contributed by atoms with Crippen LogP contribution < -0.4 is 15.5 Å². The van der Waals surface area contributed by atoms with E-state index in [9.17, 15) is 9.59 Å². The number of hydrogen-bond donors (Lipinski definition) is 2. The van der Waals surface area contributed by atoms with Crippen molar-refractivity contribution in [3.63, 3.8) is 0 Å². The molecule has 0 aliphatic carbocycles. The summed E-state index contributed by atoms with van der Waals surface area (Å²) < 4.78 is 7.41. The van der Waals surface area contributed by atoms with Crippen molar-refractivity contribution in [2.24, 2.45) is 0 Å². The smallest absolute Gasteiger partial charge is 0.228 e. The number of para-hydroxylation sites is 1. The molecule has 2 saturated heterocycles. The highest BCUT2D eigenvalue weighted by atomic mass is 16.5. The molecule has 10 nitrogen and oxygen atoms in total. The third-order valence-electron chi connectivity index (χ3n) is 7.65. The molecule has 2 fully saturated rings. The van der Waals surface area contributed by atoms with E-state index in [1.807, 2.05) is 76.3 Å². The third kappa shape index (κ3) is 6.33. The number of nitrogens with one attached hydrogen (secondary N) is 2. The van der Waals surface area contributed by atoms with Gasteiger partial charge in [-0.1, -0.05) is 18.2 Å². The number of likely N-dealkylation sites (tertiary alicyclic amines) is 1. The Kier molecular flexibility index (Phi) is 8.09. The van der Waals surface area contributed by atoms with Crippen LogP contribution >= 0.6 is 0 Å². The third-order valence-corrected chi connectivity index (χ3v) is 7.65. The van der Waals surface area contributed by atoms with Crippen molar-refractivity contribution in [3.05, 3.63) is 72.4 Å². The Labute approximate surface area is 239 Å². The molecule has 0 saturated carbocycles. The lowest BCUT2D eigenvalue weighted by Gasteiger charge is -2.28. The van der Waals surface area contributed by atoms with Crippen molar-refractivity contribution in [1.82, 2.24) is 19.7 Å². The largest absolute Gasteiger partial charge is 0.378 e. The van der Waals surface area contributed by atoms with Gasteiger partial charge < -0.3 is 25.2 Å². The number of hydrogen-bond acceptors (Lipinski definition) is 7. The van der Waals surface area contributed by atoms with E-state index >= 15 is 0 Å². The van der Waals surface area contributed by atoms with E-state index in [2.05, 4.69) is 25.7 Å². The summed E-state index contributed by atoms with van der Waals surface area (Å²) in [5.74, 6) is 1.55. The number of amides is 2. The quantitative estimate of drug-likeness (QED) is 0.287. The molecule has 0 radical (unpaired) electrons. The fourth-order valence-corrected chi connectivity index (χ4v) is 5.51. The molecule has 2 aromatic carbocycles. The van der Waals surface area contributed by atoms with Crippen molar-refractivity contribution >= 4 is 39.9 Å². The van der Waals surface area contributed by atoms with Gasteiger partial charge in [0.25, 0.3) is 0 Å². The number of carbonyl (C=O) groups excluding carboxylic acids is 2. The Morgan fingerprint density at radius 2 is 1.78 bits per heavy atom. The molecule has 2 aliphatic heterocycles. The van der Waals surface area contributed by atoms with Crippen molar-refractivity contribution < 1.29 is 14.3 Å². The SMILES string of the molecule is O=C(Cc1cn(-c2ccc(NCCCN3CCCC3=O)nn2)c2ccccc12)Nc1ccc(N2CCOCC2)cc1. The number of carbonyl (C=O) groups is 2. The van der Waals surface area contributed by atoms with Gasteiger partial charge in [-0.15, -0.1) is 10.2 Å². The molecular formula is C31H35N7O3. The summed E-state index contributed by atoms with van der Waals surface area (Å²) in [6, 6.07) is 19.8. The van der Waals surface area contributed by atoms with E-state index in [-0.39, 0.29) is 18.2 Å². The zero-order valence-electron chi connectivity index (χ0n) is 23.1. The summed E-state index contributed by atoms with van der Waals surface area (Å²) in [6.45, 7) is 5.58. The normalized spacial score (nSPS) is 15.5. The van der Waals surface area contributed by atoms with Gasteiger partial charge >= 0.3 is 0 Å². The Morgan fingerprint density at radius 1 is 0.951 bits per heavy atom. The van der Waals surface area contributed by atoms with E-state index in [0.29, 0.717) is 18.1 Å². The van der Waals surface area contributed by atoms with Gasteiger partial charge in [0, 0.05) is 62.1 Å². The van der Waals surface area contributed by atoms with Gasteiger partial charge in [-0.05, 0) is 60.9 Å². The molecule has 2 aromatic heterocycles.